The number of rotatable bonds is 5. The van der Waals surface area contributed by atoms with E-state index < -0.39 is 12.0 Å². The number of methoxy groups -OCH3 is 2. The van der Waals surface area contributed by atoms with Crippen LogP contribution in [-0.4, -0.2) is 43.0 Å². The molecular formula is C23H23N3O4S. The number of aromatic nitrogens is 1. The number of thiazole rings is 1. The largest absolute Gasteiger partial charge is 0.493 e. The van der Waals surface area contributed by atoms with Crippen LogP contribution < -0.4 is 14.8 Å². The first-order chi connectivity index (χ1) is 14.9. The van der Waals surface area contributed by atoms with Crippen molar-refractivity contribution in [3.8, 4) is 11.5 Å². The molecule has 0 aliphatic carbocycles. The van der Waals surface area contributed by atoms with E-state index in [2.05, 4.69) is 10.3 Å². The van der Waals surface area contributed by atoms with Crippen LogP contribution in [0.5, 0.6) is 11.5 Å². The molecule has 1 N–H and O–H groups in total. The van der Waals surface area contributed by atoms with Crippen molar-refractivity contribution in [3.63, 3.8) is 0 Å². The maximum absolute atomic E-state index is 13.5. The Morgan fingerprint density at radius 2 is 1.87 bits per heavy atom. The molecule has 2 heterocycles. The van der Waals surface area contributed by atoms with Crippen LogP contribution in [-0.2, 0) is 4.79 Å². The lowest BCUT2D eigenvalue weighted by atomic mass is 9.79. The van der Waals surface area contributed by atoms with Crippen molar-refractivity contribution in [3.05, 3.63) is 70.2 Å². The third-order valence-corrected chi connectivity index (χ3v) is 6.29. The summed E-state index contributed by atoms with van der Waals surface area (Å²) in [6.07, 6.45) is 1.72. The van der Waals surface area contributed by atoms with Gasteiger partial charge in [0, 0.05) is 23.7 Å². The number of hydrogen-bond acceptors (Lipinski definition) is 6. The highest BCUT2D eigenvalue weighted by Crippen LogP contribution is 2.44. The molecule has 8 heteroatoms. The van der Waals surface area contributed by atoms with Crippen LogP contribution in [0.2, 0.25) is 0 Å². The number of anilines is 1. The minimum atomic E-state index is -0.624. The first-order valence-electron chi connectivity index (χ1n) is 9.76. The second-order valence-electron chi connectivity index (χ2n) is 7.31. The molecule has 0 unspecified atom stereocenters. The topological polar surface area (TPSA) is 80.8 Å². The molecule has 2 atom stereocenters. The van der Waals surface area contributed by atoms with E-state index >= 15 is 0 Å². The molecule has 1 aliphatic rings. The maximum Gasteiger partial charge on any atom is 0.254 e. The van der Waals surface area contributed by atoms with Crippen molar-refractivity contribution in [2.45, 2.75) is 18.9 Å². The molecule has 3 aromatic rings. The van der Waals surface area contributed by atoms with Gasteiger partial charge in [-0.25, -0.2) is 4.98 Å². The highest BCUT2D eigenvalue weighted by molar-refractivity contribution is 7.15. The second kappa shape index (κ2) is 8.39. The normalized spacial score (nSPS) is 17.8. The Labute approximate surface area is 184 Å². The Kier molecular flexibility index (Phi) is 5.65. The molecule has 31 heavy (non-hydrogen) atoms. The zero-order valence-electron chi connectivity index (χ0n) is 17.7. The van der Waals surface area contributed by atoms with E-state index in [1.807, 2.05) is 31.2 Å². The fourth-order valence-electron chi connectivity index (χ4n) is 4.01. The van der Waals surface area contributed by atoms with E-state index in [9.17, 15) is 9.59 Å². The van der Waals surface area contributed by atoms with Crippen LogP contribution in [0, 0.1) is 6.92 Å². The van der Waals surface area contributed by atoms with Gasteiger partial charge < -0.3 is 19.7 Å². The zero-order valence-corrected chi connectivity index (χ0v) is 18.5. The fourth-order valence-corrected chi connectivity index (χ4v) is 4.67. The molecule has 7 nitrogen and oxygen atoms in total. The summed E-state index contributed by atoms with van der Waals surface area (Å²) in [4.78, 5) is 33.5. The molecular weight excluding hydrogens is 414 g/mol. The summed E-state index contributed by atoms with van der Waals surface area (Å²) in [5.74, 6) is 0.136. The van der Waals surface area contributed by atoms with Crippen molar-refractivity contribution < 1.29 is 19.1 Å². The van der Waals surface area contributed by atoms with Crippen molar-refractivity contribution in [1.82, 2.24) is 9.88 Å². The van der Waals surface area contributed by atoms with Gasteiger partial charge in [-0.15, -0.1) is 11.3 Å². The predicted octanol–water partition coefficient (Wildman–Crippen LogP) is 4.02. The molecule has 1 aromatic heterocycles. The van der Waals surface area contributed by atoms with Crippen molar-refractivity contribution in [2.24, 2.45) is 0 Å². The summed E-state index contributed by atoms with van der Waals surface area (Å²) in [5.41, 5.74) is 1.99. The van der Waals surface area contributed by atoms with Crippen molar-refractivity contribution in [2.75, 3.05) is 26.6 Å². The number of nitrogens with zero attached hydrogens (tertiary/aromatic N) is 2. The van der Waals surface area contributed by atoms with Gasteiger partial charge in [-0.1, -0.05) is 24.3 Å². The molecule has 160 valence electrons. The monoisotopic (exact) mass is 437 g/mol. The molecule has 2 amide bonds. The Hall–Kier alpha value is -3.39. The van der Waals surface area contributed by atoms with Gasteiger partial charge in [0.25, 0.3) is 5.91 Å². The smallest absolute Gasteiger partial charge is 0.254 e. The van der Waals surface area contributed by atoms with E-state index in [0.717, 1.165) is 10.4 Å². The number of carbonyl (C=O) groups excluding carboxylic acids is 2. The SMILES string of the molecule is COc1ccc([C@H]2[C@@H](C(=O)Nc3ncc(C)s3)c3ccccc3C(=O)N2C)cc1OC. The van der Waals surface area contributed by atoms with Gasteiger partial charge in [0.1, 0.15) is 0 Å². The van der Waals surface area contributed by atoms with Gasteiger partial charge >= 0.3 is 0 Å². The lowest BCUT2D eigenvalue weighted by molar-refractivity contribution is -0.119. The number of hydrogen-bond donors (Lipinski definition) is 1. The Bertz CT molecular complexity index is 1140. The number of amides is 2. The van der Waals surface area contributed by atoms with Gasteiger partial charge in [-0.3, -0.25) is 9.59 Å². The number of benzene rings is 2. The number of fused-ring (bicyclic) bond motifs is 1. The van der Waals surface area contributed by atoms with Gasteiger partial charge in [0.15, 0.2) is 16.6 Å². The van der Waals surface area contributed by atoms with Crippen molar-refractivity contribution >= 4 is 28.3 Å². The summed E-state index contributed by atoms with van der Waals surface area (Å²) < 4.78 is 10.8. The highest BCUT2D eigenvalue weighted by atomic mass is 32.1. The van der Waals surface area contributed by atoms with Gasteiger partial charge in [-0.05, 0) is 36.2 Å². The molecule has 0 spiro atoms. The first-order valence-corrected chi connectivity index (χ1v) is 10.6. The number of aryl methyl sites for hydroxylation is 1. The lowest BCUT2D eigenvalue weighted by Gasteiger charge is -2.39. The third-order valence-electron chi connectivity index (χ3n) is 5.46. The van der Waals surface area contributed by atoms with Gasteiger partial charge in [0.2, 0.25) is 5.91 Å². The van der Waals surface area contributed by atoms with Crippen LogP contribution in [0.3, 0.4) is 0 Å². The fraction of sp³-hybridized carbons (Fsp3) is 0.261. The average molecular weight is 438 g/mol. The van der Waals surface area contributed by atoms with E-state index in [0.29, 0.717) is 27.8 Å². The molecule has 0 fully saturated rings. The van der Waals surface area contributed by atoms with Crippen molar-refractivity contribution in [1.29, 1.82) is 0 Å². The van der Waals surface area contributed by atoms with Gasteiger partial charge in [0.05, 0.1) is 26.2 Å². The van der Waals surface area contributed by atoms with E-state index in [1.165, 1.54) is 11.3 Å². The highest BCUT2D eigenvalue weighted by Gasteiger charge is 2.43. The number of nitrogens with one attached hydrogen (secondary N) is 1. The predicted molar refractivity (Wildman–Crippen MR) is 119 cm³/mol. The van der Waals surface area contributed by atoms with E-state index in [1.54, 1.807) is 50.6 Å². The number of ether oxygens (including phenoxy) is 2. The summed E-state index contributed by atoms with van der Waals surface area (Å²) >= 11 is 1.41. The minimum Gasteiger partial charge on any atom is -0.493 e. The molecule has 2 aromatic carbocycles. The Morgan fingerprint density at radius 3 is 2.55 bits per heavy atom. The number of likely N-dealkylation sites (N-methyl/N-ethyl adjacent to an activating group) is 1. The molecule has 0 radical (unpaired) electrons. The minimum absolute atomic E-state index is 0.135. The molecule has 0 bridgehead atoms. The van der Waals surface area contributed by atoms with Crippen LogP contribution in [0.4, 0.5) is 5.13 Å². The second-order valence-corrected chi connectivity index (χ2v) is 8.54. The Morgan fingerprint density at radius 1 is 1.13 bits per heavy atom. The van der Waals surface area contributed by atoms with Gasteiger partial charge in [-0.2, -0.15) is 0 Å². The van der Waals surface area contributed by atoms with Crippen LogP contribution in [0.1, 0.15) is 38.3 Å². The summed E-state index contributed by atoms with van der Waals surface area (Å²) in [6.45, 7) is 1.93. The molecule has 1 aliphatic heterocycles. The first kappa shape index (κ1) is 20.9. The van der Waals surface area contributed by atoms with E-state index in [-0.39, 0.29) is 11.8 Å². The van der Waals surface area contributed by atoms with Crippen LogP contribution in [0.25, 0.3) is 0 Å². The lowest BCUT2D eigenvalue weighted by Crippen LogP contribution is -2.44. The molecule has 0 saturated heterocycles. The number of carbonyl (C=O) groups is 2. The summed E-state index contributed by atoms with van der Waals surface area (Å²) in [7, 11) is 4.84. The van der Waals surface area contributed by atoms with E-state index in [4.69, 9.17) is 9.47 Å². The Balaban J connectivity index is 1.83. The maximum atomic E-state index is 13.5. The summed E-state index contributed by atoms with van der Waals surface area (Å²) in [5, 5.41) is 3.47. The van der Waals surface area contributed by atoms with Crippen LogP contribution >= 0.6 is 11.3 Å². The average Bonchev–Trinajstić information content (AvgIpc) is 3.19. The quantitative estimate of drug-likeness (QED) is 0.652. The zero-order chi connectivity index (χ0) is 22.1. The summed E-state index contributed by atoms with van der Waals surface area (Å²) in [6, 6.07) is 12.2. The standard InChI is InChI=1S/C23H23N3O4S/c1-13-12-24-23(31-13)25-21(27)19-15-7-5-6-8-16(15)22(28)26(2)20(19)14-9-10-17(29-3)18(11-14)30-4/h5-12,19-20H,1-4H3,(H,24,25,27)/t19-,20-/m0/s1. The molecule has 0 saturated carbocycles. The third kappa shape index (κ3) is 3.74. The van der Waals surface area contributed by atoms with Crippen LogP contribution in [0.15, 0.2) is 48.7 Å². The molecule has 4 rings (SSSR count).